The third-order valence-corrected chi connectivity index (χ3v) is 3.01. The molecule has 1 saturated heterocycles. The van der Waals surface area contributed by atoms with Gasteiger partial charge in [-0.05, 0) is 25.8 Å². The molecule has 1 fully saturated rings. The third kappa shape index (κ3) is 4.20. The first-order valence-electron chi connectivity index (χ1n) is 6.29. The van der Waals surface area contributed by atoms with Crippen LogP contribution in [0.5, 0.6) is 0 Å². The Morgan fingerprint density at radius 3 is 2.93 bits per heavy atom. The van der Waals surface area contributed by atoms with E-state index >= 15 is 0 Å². The average Bonchev–Trinajstić information content (AvgIpc) is 2.27. The number of carbonyl (C=O) groups is 1. The quantitative estimate of drug-likeness (QED) is 0.753. The van der Waals surface area contributed by atoms with Crippen molar-refractivity contribution in [2.45, 2.75) is 52.0 Å². The lowest BCUT2D eigenvalue weighted by Gasteiger charge is -2.33. The average molecular weight is 212 g/mol. The van der Waals surface area contributed by atoms with Crippen LogP contribution < -0.4 is 5.32 Å². The van der Waals surface area contributed by atoms with Crippen LogP contribution in [0, 0.1) is 0 Å². The number of likely N-dealkylation sites (tertiary alicyclic amines) is 1. The minimum absolute atomic E-state index is 0.347. The second kappa shape index (κ2) is 6.83. The van der Waals surface area contributed by atoms with Crippen LogP contribution in [0.2, 0.25) is 0 Å². The van der Waals surface area contributed by atoms with Gasteiger partial charge in [0.2, 0.25) is 5.91 Å². The number of hydrogen-bond donors (Lipinski definition) is 1. The van der Waals surface area contributed by atoms with Crippen LogP contribution in [-0.4, -0.2) is 36.5 Å². The van der Waals surface area contributed by atoms with Crippen LogP contribution in [0.15, 0.2) is 0 Å². The second-order valence-corrected chi connectivity index (χ2v) is 4.34. The van der Waals surface area contributed by atoms with Crippen molar-refractivity contribution in [3.8, 4) is 0 Å². The first kappa shape index (κ1) is 12.5. The fourth-order valence-corrected chi connectivity index (χ4v) is 2.15. The summed E-state index contributed by atoms with van der Waals surface area (Å²) in [6, 6.07) is 0.523. The van der Waals surface area contributed by atoms with Gasteiger partial charge >= 0.3 is 0 Å². The zero-order chi connectivity index (χ0) is 11.1. The largest absolute Gasteiger partial charge is 0.341 e. The number of unbranched alkanes of at least 4 members (excludes halogenated alkanes) is 1. The fourth-order valence-electron chi connectivity index (χ4n) is 2.15. The summed E-state index contributed by atoms with van der Waals surface area (Å²) in [5, 5.41) is 3.43. The minimum Gasteiger partial charge on any atom is -0.341 e. The van der Waals surface area contributed by atoms with E-state index in [1.807, 2.05) is 4.90 Å². The molecular weight excluding hydrogens is 188 g/mol. The van der Waals surface area contributed by atoms with Crippen molar-refractivity contribution >= 4 is 5.91 Å². The van der Waals surface area contributed by atoms with Gasteiger partial charge in [0, 0.05) is 25.6 Å². The smallest absolute Gasteiger partial charge is 0.222 e. The monoisotopic (exact) mass is 212 g/mol. The SMILES string of the molecule is CCCCC(=O)N1CCCC(NCC)C1. The first-order chi connectivity index (χ1) is 7.27. The predicted molar refractivity (Wildman–Crippen MR) is 62.8 cm³/mol. The molecule has 3 nitrogen and oxygen atoms in total. The van der Waals surface area contributed by atoms with Gasteiger partial charge in [-0.25, -0.2) is 0 Å². The molecule has 1 amide bonds. The number of piperidine rings is 1. The third-order valence-electron chi connectivity index (χ3n) is 3.01. The van der Waals surface area contributed by atoms with Crippen LogP contribution in [0.3, 0.4) is 0 Å². The lowest BCUT2D eigenvalue weighted by atomic mass is 10.0. The van der Waals surface area contributed by atoms with Crippen molar-refractivity contribution in [3.63, 3.8) is 0 Å². The van der Waals surface area contributed by atoms with Crippen molar-refractivity contribution in [2.24, 2.45) is 0 Å². The van der Waals surface area contributed by atoms with E-state index in [2.05, 4.69) is 19.2 Å². The lowest BCUT2D eigenvalue weighted by molar-refractivity contribution is -0.132. The summed E-state index contributed by atoms with van der Waals surface area (Å²) in [6.07, 6.45) is 5.23. The molecule has 1 heterocycles. The van der Waals surface area contributed by atoms with Gasteiger partial charge in [-0.2, -0.15) is 0 Å². The highest BCUT2D eigenvalue weighted by molar-refractivity contribution is 5.76. The Kier molecular flexibility index (Phi) is 5.69. The standard InChI is InChI=1S/C12H24N2O/c1-3-5-8-12(15)14-9-6-7-11(10-14)13-4-2/h11,13H,3-10H2,1-2H3. The number of amides is 1. The van der Waals surface area contributed by atoms with Crippen molar-refractivity contribution in [2.75, 3.05) is 19.6 Å². The van der Waals surface area contributed by atoms with E-state index in [4.69, 9.17) is 0 Å². The molecule has 3 heteroatoms. The van der Waals surface area contributed by atoms with Crippen molar-refractivity contribution < 1.29 is 4.79 Å². The van der Waals surface area contributed by atoms with Gasteiger partial charge in [0.05, 0.1) is 0 Å². The Hall–Kier alpha value is -0.570. The number of carbonyl (C=O) groups excluding carboxylic acids is 1. The van der Waals surface area contributed by atoms with Gasteiger partial charge in [0.15, 0.2) is 0 Å². The van der Waals surface area contributed by atoms with Gasteiger partial charge in [0.25, 0.3) is 0 Å². The van der Waals surface area contributed by atoms with E-state index in [0.29, 0.717) is 11.9 Å². The highest BCUT2D eigenvalue weighted by Gasteiger charge is 2.22. The van der Waals surface area contributed by atoms with E-state index in [1.165, 1.54) is 6.42 Å². The maximum Gasteiger partial charge on any atom is 0.222 e. The molecule has 0 spiro atoms. The fraction of sp³-hybridized carbons (Fsp3) is 0.917. The molecule has 1 rings (SSSR count). The number of nitrogens with one attached hydrogen (secondary N) is 1. The van der Waals surface area contributed by atoms with Gasteiger partial charge < -0.3 is 10.2 Å². The molecule has 0 aliphatic carbocycles. The summed E-state index contributed by atoms with van der Waals surface area (Å²) in [5.74, 6) is 0.347. The lowest BCUT2D eigenvalue weighted by Crippen LogP contribution is -2.47. The number of nitrogens with zero attached hydrogens (tertiary/aromatic N) is 1. The van der Waals surface area contributed by atoms with Crippen molar-refractivity contribution in [1.82, 2.24) is 10.2 Å². The van der Waals surface area contributed by atoms with Gasteiger partial charge in [0.1, 0.15) is 0 Å². The molecule has 1 aliphatic rings. The molecule has 0 saturated carbocycles. The summed E-state index contributed by atoms with van der Waals surface area (Å²) in [5.41, 5.74) is 0. The molecule has 1 atom stereocenters. The Bertz CT molecular complexity index is 192. The van der Waals surface area contributed by atoms with Gasteiger partial charge in [-0.3, -0.25) is 4.79 Å². The van der Waals surface area contributed by atoms with E-state index in [9.17, 15) is 4.79 Å². The maximum absolute atomic E-state index is 11.8. The normalized spacial score (nSPS) is 21.7. The molecule has 1 aliphatic heterocycles. The molecule has 0 aromatic carbocycles. The molecule has 0 aromatic rings. The van der Waals surface area contributed by atoms with E-state index < -0.39 is 0 Å². The van der Waals surface area contributed by atoms with Crippen LogP contribution in [0.4, 0.5) is 0 Å². The van der Waals surface area contributed by atoms with Crippen LogP contribution in [0.25, 0.3) is 0 Å². The van der Waals surface area contributed by atoms with Crippen LogP contribution >= 0.6 is 0 Å². The first-order valence-corrected chi connectivity index (χ1v) is 6.29. The molecular formula is C12H24N2O. The molecule has 0 radical (unpaired) electrons. The minimum atomic E-state index is 0.347. The molecule has 1 N–H and O–H groups in total. The Morgan fingerprint density at radius 1 is 1.47 bits per heavy atom. The van der Waals surface area contributed by atoms with Crippen molar-refractivity contribution in [1.29, 1.82) is 0 Å². The number of likely N-dealkylation sites (N-methyl/N-ethyl adjacent to an activating group) is 1. The molecule has 1 unspecified atom stereocenters. The topological polar surface area (TPSA) is 32.3 Å². The molecule has 0 aromatic heterocycles. The zero-order valence-corrected chi connectivity index (χ0v) is 10.1. The van der Waals surface area contributed by atoms with Gasteiger partial charge in [-0.1, -0.05) is 20.3 Å². The summed E-state index contributed by atoms with van der Waals surface area (Å²) >= 11 is 0. The summed E-state index contributed by atoms with van der Waals surface area (Å²) in [7, 11) is 0. The Labute approximate surface area is 93.2 Å². The van der Waals surface area contributed by atoms with E-state index in [0.717, 1.165) is 45.3 Å². The Morgan fingerprint density at radius 2 is 2.27 bits per heavy atom. The number of hydrogen-bond acceptors (Lipinski definition) is 2. The van der Waals surface area contributed by atoms with Gasteiger partial charge in [-0.15, -0.1) is 0 Å². The van der Waals surface area contributed by atoms with Crippen LogP contribution in [0.1, 0.15) is 46.0 Å². The second-order valence-electron chi connectivity index (χ2n) is 4.34. The molecule has 15 heavy (non-hydrogen) atoms. The maximum atomic E-state index is 11.8. The summed E-state index contributed by atoms with van der Waals surface area (Å²) in [4.78, 5) is 13.8. The van der Waals surface area contributed by atoms with E-state index in [-0.39, 0.29) is 0 Å². The Balaban J connectivity index is 2.31. The zero-order valence-electron chi connectivity index (χ0n) is 10.1. The predicted octanol–water partition coefficient (Wildman–Crippen LogP) is 1.78. The van der Waals surface area contributed by atoms with E-state index in [1.54, 1.807) is 0 Å². The molecule has 0 bridgehead atoms. The van der Waals surface area contributed by atoms with Crippen LogP contribution in [-0.2, 0) is 4.79 Å². The number of rotatable bonds is 5. The highest BCUT2D eigenvalue weighted by atomic mass is 16.2. The van der Waals surface area contributed by atoms with Crippen molar-refractivity contribution in [3.05, 3.63) is 0 Å². The highest BCUT2D eigenvalue weighted by Crippen LogP contribution is 2.12. The molecule has 88 valence electrons. The summed E-state index contributed by atoms with van der Waals surface area (Å²) < 4.78 is 0. The summed E-state index contributed by atoms with van der Waals surface area (Å²) in [6.45, 7) is 7.13.